The molecule has 2 N–H and O–H groups in total. The first-order chi connectivity index (χ1) is 16.5. The summed E-state index contributed by atoms with van der Waals surface area (Å²) in [6, 6.07) is 2.15. The summed E-state index contributed by atoms with van der Waals surface area (Å²) in [5.41, 5.74) is -0.210. The van der Waals surface area contributed by atoms with E-state index in [4.69, 9.17) is 0 Å². The van der Waals surface area contributed by atoms with Crippen molar-refractivity contribution in [1.29, 1.82) is 5.26 Å². The van der Waals surface area contributed by atoms with Crippen LogP contribution in [0.3, 0.4) is 0 Å². The molecule has 5 nitrogen and oxygen atoms in total. The van der Waals surface area contributed by atoms with Crippen molar-refractivity contribution >= 4 is 0 Å². The fourth-order valence-corrected chi connectivity index (χ4v) is 10.2. The molecule has 9 atom stereocenters. The maximum Gasteiger partial charge on any atom is 0.102 e. The highest BCUT2D eigenvalue weighted by Crippen LogP contribution is 2.68. The Hall–Kier alpha value is -1.38. The minimum Gasteiger partial charge on any atom is -0.390 e. The van der Waals surface area contributed by atoms with Crippen molar-refractivity contribution < 1.29 is 10.2 Å². The lowest BCUT2D eigenvalue weighted by molar-refractivity contribution is -0.192. The van der Waals surface area contributed by atoms with E-state index in [9.17, 15) is 15.5 Å². The third-order valence-electron chi connectivity index (χ3n) is 11.8. The van der Waals surface area contributed by atoms with E-state index in [0.717, 1.165) is 43.9 Å². The largest absolute Gasteiger partial charge is 0.390 e. The van der Waals surface area contributed by atoms with E-state index in [1.54, 1.807) is 17.1 Å². The Bertz CT molecular complexity index is 965. The molecule has 1 aromatic rings. The van der Waals surface area contributed by atoms with Crippen LogP contribution in [0.2, 0.25) is 0 Å². The van der Waals surface area contributed by atoms with Crippen LogP contribution in [-0.2, 0) is 6.54 Å². The Labute approximate surface area is 212 Å². The van der Waals surface area contributed by atoms with Gasteiger partial charge in [-0.25, -0.2) is 0 Å². The summed E-state index contributed by atoms with van der Waals surface area (Å²) in [5.74, 6) is 3.10. The van der Waals surface area contributed by atoms with E-state index in [2.05, 4.69) is 31.9 Å². The summed E-state index contributed by atoms with van der Waals surface area (Å²) in [6.07, 6.45) is 17.2. The van der Waals surface area contributed by atoms with Crippen LogP contribution in [0.25, 0.3) is 0 Å². The Morgan fingerprint density at radius 1 is 1.11 bits per heavy atom. The summed E-state index contributed by atoms with van der Waals surface area (Å²) in [5, 5.41) is 36.6. The first-order valence-electron chi connectivity index (χ1n) is 14.4. The Morgan fingerprint density at radius 3 is 2.60 bits per heavy atom. The molecule has 0 aromatic carbocycles. The van der Waals surface area contributed by atoms with E-state index in [1.165, 1.54) is 44.9 Å². The summed E-state index contributed by atoms with van der Waals surface area (Å²) in [6.45, 7) is 9.73. The van der Waals surface area contributed by atoms with E-state index in [-0.39, 0.29) is 11.3 Å². The molecule has 35 heavy (non-hydrogen) atoms. The van der Waals surface area contributed by atoms with Crippen LogP contribution in [0.4, 0.5) is 0 Å². The van der Waals surface area contributed by atoms with Crippen LogP contribution < -0.4 is 0 Å². The molecule has 1 heterocycles. The molecule has 4 saturated carbocycles. The Kier molecular flexibility index (Phi) is 6.41. The van der Waals surface area contributed by atoms with Crippen molar-refractivity contribution in [3.63, 3.8) is 0 Å². The van der Waals surface area contributed by atoms with Crippen LogP contribution in [0.5, 0.6) is 0 Å². The average Bonchev–Trinajstić information content (AvgIpc) is 3.25. The topological polar surface area (TPSA) is 82.1 Å². The molecule has 0 spiro atoms. The van der Waals surface area contributed by atoms with Gasteiger partial charge in [0.05, 0.1) is 29.5 Å². The number of rotatable bonds is 5. The van der Waals surface area contributed by atoms with Crippen LogP contribution in [0.1, 0.15) is 110 Å². The molecule has 0 radical (unpaired) electrons. The minimum atomic E-state index is -0.846. The van der Waals surface area contributed by atoms with Crippen molar-refractivity contribution in [3.8, 4) is 6.07 Å². The van der Waals surface area contributed by atoms with Gasteiger partial charge in [0.25, 0.3) is 0 Å². The van der Waals surface area contributed by atoms with E-state index >= 15 is 0 Å². The lowest BCUT2D eigenvalue weighted by Gasteiger charge is -2.65. The molecule has 194 valence electrons. The van der Waals surface area contributed by atoms with Crippen LogP contribution in [0, 0.1) is 51.8 Å². The molecule has 5 heteroatoms. The monoisotopic (exact) mass is 481 g/mol. The first-order valence-corrected chi connectivity index (χ1v) is 14.4. The molecular weight excluding hydrogens is 434 g/mol. The number of hydrogen-bond acceptors (Lipinski definition) is 4. The van der Waals surface area contributed by atoms with Gasteiger partial charge in [0, 0.05) is 6.20 Å². The van der Waals surface area contributed by atoms with Crippen LogP contribution in [0.15, 0.2) is 12.4 Å². The van der Waals surface area contributed by atoms with Gasteiger partial charge in [0.15, 0.2) is 0 Å². The molecule has 1 aromatic heterocycles. The van der Waals surface area contributed by atoms with Gasteiger partial charge in [-0.1, -0.05) is 33.6 Å². The Balaban J connectivity index is 1.36. The van der Waals surface area contributed by atoms with Crippen molar-refractivity contribution in [1.82, 2.24) is 9.78 Å². The number of fused-ring (bicyclic) bond motifs is 5. The van der Waals surface area contributed by atoms with E-state index in [1.807, 2.05) is 6.92 Å². The number of aromatic nitrogens is 2. The van der Waals surface area contributed by atoms with Crippen molar-refractivity contribution in [3.05, 3.63) is 18.0 Å². The minimum absolute atomic E-state index is 0.148. The zero-order valence-electron chi connectivity index (χ0n) is 22.5. The second-order valence-electron chi connectivity index (χ2n) is 13.8. The molecule has 0 bridgehead atoms. The second kappa shape index (κ2) is 8.88. The van der Waals surface area contributed by atoms with Crippen molar-refractivity contribution in [2.75, 3.05) is 0 Å². The molecule has 0 saturated heterocycles. The lowest BCUT2D eigenvalue weighted by Crippen LogP contribution is -2.60. The SMILES string of the molecule is CCC[C@@]1(O)CC[C@@]2(C)[C@@H](CC[C@@H]3[C@@H]2CC[C@@]2(C)[C@H]3CCC[C@@H]2[C@](C)(O)Cn2cc(C#N)cn2)C1. The number of nitriles is 1. The van der Waals surface area contributed by atoms with Gasteiger partial charge >= 0.3 is 0 Å². The molecule has 0 aliphatic heterocycles. The third-order valence-corrected chi connectivity index (χ3v) is 11.8. The maximum absolute atomic E-state index is 11.8. The summed E-state index contributed by atoms with van der Waals surface area (Å²) in [4.78, 5) is 0. The molecular formula is C30H47N3O2. The van der Waals surface area contributed by atoms with E-state index in [0.29, 0.717) is 29.4 Å². The molecule has 5 rings (SSSR count). The van der Waals surface area contributed by atoms with Gasteiger partial charge in [-0.3, -0.25) is 4.68 Å². The van der Waals surface area contributed by atoms with Gasteiger partial charge < -0.3 is 10.2 Å². The fourth-order valence-electron chi connectivity index (χ4n) is 10.2. The molecule has 0 unspecified atom stereocenters. The van der Waals surface area contributed by atoms with Crippen molar-refractivity contribution in [2.45, 2.75) is 122 Å². The summed E-state index contributed by atoms with van der Waals surface area (Å²) >= 11 is 0. The van der Waals surface area contributed by atoms with Gasteiger partial charge in [-0.2, -0.15) is 10.4 Å². The highest BCUT2D eigenvalue weighted by Gasteiger charge is 2.61. The summed E-state index contributed by atoms with van der Waals surface area (Å²) < 4.78 is 1.77. The molecule has 4 fully saturated rings. The summed E-state index contributed by atoms with van der Waals surface area (Å²) in [7, 11) is 0. The first kappa shape index (κ1) is 25.3. The standard InChI is InChI=1S/C30H47N3O2/c1-5-12-30(35)15-14-27(2)22(16-30)9-10-23-24-7-6-8-26(28(24,3)13-11-25(23)27)29(4,34)20-33-19-21(17-31)18-32-33/h18-19,22-26,34-35H,5-16,20H2,1-4H3/t22-,23-,24-,25-,26-,27-,28-,29+,30+/m0/s1. The van der Waals surface area contributed by atoms with Crippen LogP contribution in [-0.4, -0.2) is 31.2 Å². The predicted octanol–water partition coefficient (Wildman–Crippen LogP) is 6.09. The zero-order chi connectivity index (χ0) is 25.1. The second-order valence-corrected chi connectivity index (χ2v) is 13.8. The quantitative estimate of drug-likeness (QED) is 0.533. The van der Waals surface area contributed by atoms with Gasteiger partial charge in [0.2, 0.25) is 0 Å². The Morgan fingerprint density at radius 2 is 1.89 bits per heavy atom. The molecule has 0 amide bonds. The highest BCUT2D eigenvalue weighted by atomic mass is 16.3. The van der Waals surface area contributed by atoms with Gasteiger partial charge in [0.1, 0.15) is 6.07 Å². The lowest BCUT2D eigenvalue weighted by atomic mass is 9.40. The normalized spacial score (nSPS) is 44.9. The number of hydrogen-bond donors (Lipinski definition) is 2. The smallest absolute Gasteiger partial charge is 0.102 e. The number of nitrogens with zero attached hydrogens (tertiary/aromatic N) is 3. The molecule has 4 aliphatic carbocycles. The number of aliphatic hydroxyl groups is 2. The maximum atomic E-state index is 11.8. The van der Waals surface area contributed by atoms with Gasteiger partial charge in [-0.05, 0) is 112 Å². The predicted molar refractivity (Wildman–Crippen MR) is 137 cm³/mol. The van der Waals surface area contributed by atoms with Crippen LogP contribution >= 0.6 is 0 Å². The average molecular weight is 482 g/mol. The van der Waals surface area contributed by atoms with Crippen molar-refractivity contribution in [2.24, 2.45) is 40.4 Å². The third kappa shape index (κ3) is 4.17. The zero-order valence-corrected chi connectivity index (χ0v) is 22.5. The van der Waals surface area contributed by atoms with E-state index < -0.39 is 11.2 Å². The molecule has 4 aliphatic rings. The highest BCUT2D eigenvalue weighted by molar-refractivity contribution is 5.21. The van der Waals surface area contributed by atoms with Gasteiger partial charge in [-0.15, -0.1) is 0 Å². The fraction of sp³-hybridized carbons (Fsp3) is 0.867.